The van der Waals surface area contributed by atoms with Crippen molar-refractivity contribution in [1.29, 1.82) is 0 Å². The van der Waals surface area contributed by atoms with Crippen LogP contribution in [0.2, 0.25) is 0 Å². The Morgan fingerprint density at radius 2 is 2.10 bits per heavy atom. The molecule has 0 radical (unpaired) electrons. The fraction of sp³-hybridized carbons (Fsp3) is 0.538. The molecule has 4 nitrogen and oxygen atoms in total. The van der Waals surface area contributed by atoms with Crippen LogP contribution >= 0.6 is 28.3 Å². The molecule has 0 spiro atoms. The quantitative estimate of drug-likeness (QED) is 0.872. The summed E-state index contributed by atoms with van der Waals surface area (Å²) in [6.07, 6.45) is 0.834. The Hall–Kier alpha value is -0.140. The van der Waals surface area contributed by atoms with E-state index in [1.54, 1.807) is 6.07 Å². The first-order chi connectivity index (χ1) is 8.82. The number of hydrogen-bond donors (Lipinski definition) is 1. The molecular weight excluding hydrogens is 364 g/mol. The van der Waals surface area contributed by atoms with Gasteiger partial charge in [-0.3, -0.25) is 0 Å². The van der Waals surface area contributed by atoms with Crippen molar-refractivity contribution < 1.29 is 8.42 Å². The average molecular weight is 384 g/mol. The minimum Gasteiger partial charge on any atom is -0.328 e. The van der Waals surface area contributed by atoms with E-state index in [2.05, 4.69) is 15.9 Å². The van der Waals surface area contributed by atoms with Gasteiger partial charge in [0, 0.05) is 23.6 Å². The number of halogens is 2. The minimum atomic E-state index is -3.42. The number of nitrogens with two attached hydrogens (primary N) is 1. The summed E-state index contributed by atoms with van der Waals surface area (Å²) in [5, 5.41) is 0. The maximum absolute atomic E-state index is 12.6. The van der Waals surface area contributed by atoms with Crippen molar-refractivity contribution in [3.8, 4) is 0 Å². The summed E-state index contributed by atoms with van der Waals surface area (Å²) in [7, 11) is -3.42. The van der Waals surface area contributed by atoms with Crippen molar-refractivity contribution in [3.63, 3.8) is 0 Å². The molecule has 1 aromatic rings. The Morgan fingerprint density at radius 3 is 2.60 bits per heavy atom. The highest BCUT2D eigenvalue weighted by Gasteiger charge is 2.34. The van der Waals surface area contributed by atoms with Crippen LogP contribution in [0.15, 0.2) is 27.6 Å². The van der Waals surface area contributed by atoms with Crippen LogP contribution in [-0.4, -0.2) is 31.9 Å². The van der Waals surface area contributed by atoms with Gasteiger partial charge in [-0.25, -0.2) is 8.42 Å². The van der Waals surface area contributed by atoms with Crippen LogP contribution in [-0.2, 0) is 10.0 Å². The lowest BCUT2D eigenvalue weighted by atomic mass is 10.0. The van der Waals surface area contributed by atoms with E-state index < -0.39 is 10.0 Å². The average Bonchev–Trinajstić information content (AvgIpc) is 2.78. The molecule has 1 aliphatic rings. The summed E-state index contributed by atoms with van der Waals surface area (Å²) in [4.78, 5) is 0.337. The molecule has 2 rings (SSSR count). The predicted octanol–water partition coefficient (Wildman–Crippen LogP) is 2.54. The Morgan fingerprint density at radius 1 is 1.45 bits per heavy atom. The van der Waals surface area contributed by atoms with E-state index in [1.165, 1.54) is 4.31 Å². The number of benzene rings is 1. The highest BCUT2D eigenvalue weighted by Crippen LogP contribution is 2.30. The first kappa shape index (κ1) is 17.9. The number of nitrogens with zero attached hydrogens (tertiary/aromatic N) is 1. The third kappa shape index (κ3) is 3.54. The zero-order chi connectivity index (χ0) is 14.2. The van der Waals surface area contributed by atoms with Gasteiger partial charge in [0.1, 0.15) is 0 Å². The highest BCUT2D eigenvalue weighted by molar-refractivity contribution is 9.10. The monoisotopic (exact) mass is 382 g/mol. The molecule has 0 amide bonds. The second-order valence-electron chi connectivity index (χ2n) is 5.20. The molecule has 0 aliphatic carbocycles. The number of rotatable bonds is 3. The van der Waals surface area contributed by atoms with Crippen LogP contribution in [0, 0.1) is 12.8 Å². The van der Waals surface area contributed by atoms with Crippen molar-refractivity contribution in [2.45, 2.75) is 31.2 Å². The molecule has 1 fully saturated rings. The first-order valence-corrected chi connectivity index (χ1v) is 8.57. The van der Waals surface area contributed by atoms with Gasteiger partial charge in [0.05, 0.1) is 4.90 Å². The smallest absolute Gasteiger partial charge is 0.244 e. The highest BCUT2D eigenvalue weighted by atomic mass is 79.9. The van der Waals surface area contributed by atoms with E-state index in [9.17, 15) is 8.42 Å². The molecule has 2 atom stereocenters. The maximum Gasteiger partial charge on any atom is 0.244 e. The van der Waals surface area contributed by atoms with Gasteiger partial charge in [-0.2, -0.15) is 4.31 Å². The van der Waals surface area contributed by atoms with Crippen LogP contribution in [0.25, 0.3) is 0 Å². The lowest BCUT2D eigenvalue weighted by Gasteiger charge is -2.19. The van der Waals surface area contributed by atoms with Gasteiger partial charge >= 0.3 is 0 Å². The van der Waals surface area contributed by atoms with E-state index in [4.69, 9.17) is 5.73 Å². The molecule has 1 aliphatic heterocycles. The Labute approximate surface area is 135 Å². The topological polar surface area (TPSA) is 63.4 Å². The van der Waals surface area contributed by atoms with Crippen molar-refractivity contribution in [3.05, 3.63) is 28.2 Å². The largest absolute Gasteiger partial charge is 0.328 e. The Bertz CT molecular complexity index is 578. The van der Waals surface area contributed by atoms with Gasteiger partial charge in [-0.05, 0) is 59.8 Å². The van der Waals surface area contributed by atoms with E-state index in [0.717, 1.165) is 12.0 Å². The van der Waals surface area contributed by atoms with Gasteiger partial charge in [-0.15, -0.1) is 12.4 Å². The molecule has 20 heavy (non-hydrogen) atoms. The summed E-state index contributed by atoms with van der Waals surface area (Å²) in [5.41, 5.74) is 6.89. The molecule has 0 saturated carbocycles. The molecule has 1 saturated heterocycles. The van der Waals surface area contributed by atoms with Gasteiger partial charge in [0.25, 0.3) is 0 Å². The van der Waals surface area contributed by atoms with Crippen molar-refractivity contribution in [2.75, 3.05) is 13.1 Å². The SMILES string of the molecule is Cc1ccc(S(=O)(=O)N2CCC(C(C)N)C2)c(Br)c1.Cl. The van der Waals surface area contributed by atoms with Gasteiger partial charge < -0.3 is 5.73 Å². The standard InChI is InChI=1S/C13H19BrN2O2S.ClH/c1-9-3-4-13(12(14)7-9)19(17,18)16-6-5-11(8-16)10(2)15;/h3-4,7,10-11H,5-6,8,15H2,1-2H3;1H. The number of hydrogen-bond acceptors (Lipinski definition) is 3. The number of aryl methyl sites for hydroxylation is 1. The Kier molecular flexibility index (Phi) is 6.04. The fourth-order valence-electron chi connectivity index (χ4n) is 2.36. The van der Waals surface area contributed by atoms with Crippen LogP contribution in [0.1, 0.15) is 18.9 Å². The zero-order valence-corrected chi connectivity index (χ0v) is 14.8. The molecule has 7 heteroatoms. The molecule has 1 heterocycles. The number of sulfonamides is 1. The van der Waals surface area contributed by atoms with Gasteiger partial charge in [0.15, 0.2) is 0 Å². The van der Waals surface area contributed by atoms with Gasteiger partial charge in [-0.1, -0.05) is 6.07 Å². The van der Waals surface area contributed by atoms with Crippen LogP contribution < -0.4 is 5.73 Å². The summed E-state index contributed by atoms with van der Waals surface area (Å²) < 4.78 is 27.3. The lowest BCUT2D eigenvalue weighted by Crippen LogP contribution is -2.33. The van der Waals surface area contributed by atoms with E-state index >= 15 is 0 Å². The minimum absolute atomic E-state index is 0. The van der Waals surface area contributed by atoms with Crippen LogP contribution in [0.4, 0.5) is 0 Å². The third-order valence-electron chi connectivity index (χ3n) is 3.64. The fourth-order valence-corrected chi connectivity index (χ4v) is 5.02. The molecular formula is C13H20BrClN2O2S. The van der Waals surface area contributed by atoms with E-state index in [-0.39, 0.29) is 24.4 Å². The molecule has 114 valence electrons. The first-order valence-electron chi connectivity index (χ1n) is 6.34. The predicted molar refractivity (Wildman–Crippen MR) is 86.6 cm³/mol. The second-order valence-corrected chi connectivity index (χ2v) is 7.97. The molecule has 0 aromatic heterocycles. The molecule has 0 bridgehead atoms. The lowest BCUT2D eigenvalue weighted by molar-refractivity contribution is 0.429. The summed E-state index contributed by atoms with van der Waals surface area (Å²) in [5.74, 6) is 0.249. The summed E-state index contributed by atoms with van der Waals surface area (Å²) in [6, 6.07) is 5.33. The van der Waals surface area contributed by atoms with Gasteiger partial charge in [0.2, 0.25) is 10.0 Å². The Balaban J connectivity index is 0.00000200. The van der Waals surface area contributed by atoms with E-state index in [1.807, 2.05) is 26.0 Å². The second kappa shape index (κ2) is 6.75. The molecule has 2 N–H and O–H groups in total. The van der Waals surface area contributed by atoms with Crippen LogP contribution in [0.5, 0.6) is 0 Å². The molecule has 1 aromatic carbocycles. The maximum atomic E-state index is 12.6. The van der Waals surface area contributed by atoms with Crippen molar-refractivity contribution in [2.24, 2.45) is 11.7 Å². The summed E-state index contributed by atoms with van der Waals surface area (Å²) >= 11 is 3.34. The third-order valence-corrected chi connectivity index (χ3v) is 6.48. The van der Waals surface area contributed by atoms with Crippen LogP contribution in [0.3, 0.4) is 0 Å². The normalized spacial score (nSPS) is 21.5. The van der Waals surface area contributed by atoms with Crippen molar-refractivity contribution >= 4 is 38.4 Å². The molecule has 2 unspecified atom stereocenters. The summed E-state index contributed by atoms with van der Waals surface area (Å²) in [6.45, 7) is 4.93. The van der Waals surface area contributed by atoms with E-state index in [0.29, 0.717) is 22.5 Å². The van der Waals surface area contributed by atoms with Crippen molar-refractivity contribution in [1.82, 2.24) is 4.31 Å². The zero-order valence-electron chi connectivity index (χ0n) is 11.5.